The smallest absolute Gasteiger partial charge is 0.243 e. The Kier molecular flexibility index (Phi) is 6.34. The predicted octanol–water partition coefficient (Wildman–Crippen LogP) is 4.40. The standard InChI is InChI=1S/C24H34N4O/c1-18(2)28-17-25-21-14-15-27(16-19-10-6-5-7-11-19)23(22(21)28)24(29)26-20-12-8-3-4-9-13-20/h5-7,10-11,17-18,20,23H,3-4,8-9,12-16H2,1-2H3,(H,26,29)/t23-/m1/s1. The van der Waals surface area contributed by atoms with Crippen LogP contribution >= 0.6 is 0 Å². The Morgan fingerprint density at radius 2 is 1.86 bits per heavy atom. The third-order valence-corrected chi connectivity index (χ3v) is 6.41. The molecule has 1 N–H and O–H groups in total. The molecule has 4 rings (SSSR count). The Bertz CT molecular complexity index is 806. The molecule has 1 atom stereocenters. The second kappa shape index (κ2) is 9.12. The molecule has 2 aromatic rings. The Hall–Kier alpha value is -2.14. The minimum Gasteiger partial charge on any atom is -0.352 e. The van der Waals surface area contributed by atoms with Gasteiger partial charge in [-0.15, -0.1) is 0 Å². The maximum Gasteiger partial charge on any atom is 0.243 e. The van der Waals surface area contributed by atoms with E-state index in [0.29, 0.717) is 6.04 Å². The molecule has 5 nitrogen and oxygen atoms in total. The number of amides is 1. The first-order chi connectivity index (χ1) is 14.1. The first kappa shape index (κ1) is 20.1. The Morgan fingerprint density at radius 1 is 1.14 bits per heavy atom. The number of aromatic nitrogens is 2. The first-order valence-corrected chi connectivity index (χ1v) is 11.3. The summed E-state index contributed by atoms with van der Waals surface area (Å²) in [7, 11) is 0. The van der Waals surface area contributed by atoms with Crippen molar-refractivity contribution in [2.24, 2.45) is 0 Å². The van der Waals surface area contributed by atoms with Gasteiger partial charge in [-0.25, -0.2) is 4.98 Å². The van der Waals surface area contributed by atoms with Crippen molar-refractivity contribution in [3.63, 3.8) is 0 Å². The summed E-state index contributed by atoms with van der Waals surface area (Å²) in [5.74, 6) is 0.149. The summed E-state index contributed by atoms with van der Waals surface area (Å²) in [5, 5.41) is 3.42. The Labute approximate surface area is 174 Å². The van der Waals surface area contributed by atoms with Crippen molar-refractivity contribution in [1.29, 1.82) is 0 Å². The van der Waals surface area contributed by atoms with Crippen molar-refractivity contribution in [3.05, 3.63) is 53.6 Å². The molecule has 1 aromatic heterocycles. The zero-order valence-corrected chi connectivity index (χ0v) is 17.8. The quantitative estimate of drug-likeness (QED) is 0.765. The first-order valence-electron chi connectivity index (χ1n) is 11.3. The maximum atomic E-state index is 13.6. The van der Waals surface area contributed by atoms with E-state index in [1.165, 1.54) is 31.2 Å². The highest BCUT2D eigenvalue weighted by Gasteiger charge is 2.37. The van der Waals surface area contributed by atoms with Crippen molar-refractivity contribution in [2.45, 2.75) is 83.5 Å². The van der Waals surface area contributed by atoms with Crippen LogP contribution in [0.15, 0.2) is 36.7 Å². The van der Waals surface area contributed by atoms with Gasteiger partial charge < -0.3 is 9.88 Å². The molecule has 5 heteroatoms. The van der Waals surface area contributed by atoms with Gasteiger partial charge in [-0.2, -0.15) is 0 Å². The molecule has 1 saturated carbocycles. The molecule has 156 valence electrons. The lowest BCUT2D eigenvalue weighted by molar-refractivity contribution is -0.128. The number of hydrogen-bond acceptors (Lipinski definition) is 3. The van der Waals surface area contributed by atoms with Crippen LogP contribution in [-0.2, 0) is 17.8 Å². The highest BCUT2D eigenvalue weighted by Crippen LogP contribution is 2.33. The van der Waals surface area contributed by atoms with Crippen LogP contribution in [0.5, 0.6) is 0 Å². The number of imidazole rings is 1. The van der Waals surface area contributed by atoms with Crippen molar-refractivity contribution in [2.75, 3.05) is 6.54 Å². The number of nitrogens with one attached hydrogen (secondary N) is 1. The van der Waals surface area contributed by atoms with E-state index in [4.69, 9.17) is 0 Å². The third kappa shape index (κ3) is 4.55. The molecule has 0 bridgehead atoms. The van der Waals surface area contributed by atoms with Crippen LogP contribution in [0.2, 0.25) is 0 Å². The second-order valence-corrected chi connectivity index (χ2v) is 8.88. The number of nitrogens with zero attached hydrogens (tertiary/aromatic N) is 3. The second-order valence-electron chi connectivity index (χ2n) is 8.88. The van der Waals surface area contributed by atoms with Gasteiger partial charge in [0.15, 0.2) is 0 Å². The largest absolute Gasteiger partial charge is 0.352 e. The van der Waals surface area contributed by atoms with Gasteiger partial charge in [0, 0.05) is 31.6 Å². The number of benzene rings is 1. The van der Waals surface area contributed by atoms with E-state index in [1.807, 2.05) is 12.4 Å². The van der Waals surface area contributed by atoms with E-state index in [-0.39, 0.29) is 18.0 Å². The molecule has 29 heavy (non-hydrogen) atoms. The fourth-order valence-corrected chi connectivity index (χ4v) is 4.85. The predicted molar refractivity (Wildman–Crippen MR) is 116 cm³/mol. The molecule has 0 saturated heterocycles. The normalized spacial score (nSPS) is 21.0. The van der Waals surface area contributed by atoms with Crippen LogP contribution in [-0.4, -0.2) is 32.9 Å². The molecule has 2 aliphatic rings. The summed E-state index contributed by atoms with van der Waals surface area (Å²) < 4.78 is 2.20. The minimum absolute atomic E-state index is 0.149. The van der Waals surface area contributed by atoms with E-state index in [0.717, 1.165) is 43.7 Å². The van der Waals surface area contributed by atoms with Crippen LogP contribution in [0.1, 0.15) is 81.4 Å². The summed E-state index contributed by atoms with van der Waals surface area (Å²) in [5.41, 5.74) is 3.43. The zero-order valence-electron chi connectivity index (χ0n) is 17.8. The van der Waals surface area contributed by atoms with Gasteiger partial charge in [0.2, 0.25) is 5.91 Å². The molecule has 1 amide bonds. The van der Waals surface area contributed by atoms with Crippen LogP contribution in [0.25, 0.3) is 0 Å². The van der Waals surface area contributed by atoms with Crippen molar-refractivity contribution in [1.82, 2.24) is 19.8 Å². The van der Waals surface area contributed by atoms with Gasteiger partial charge in [0.25, 0.3) is 0 Å². The van der Waals surface area contributed by atoms with Crippen LogP contribution < -0.4 is 5.32 Å². The van der Waals surface area contributed by atoms with Gasteiger partial charge in [0.1, 0.15) is 6.04 Å². The molecule has 1 fully saturated rings. The molecule has 1 aliphatic carbocycles. The summed E-state index contributed by atoms with van der Waals surface area (Å²) in [6.45, 7) is 5.97. The van der Waals surface area contributed by atoms with Crippen LogP contribution in [0.4, 0.5) is 0 Å². The number of carbonyl (C=O) groups excluding carboxylic acids is 1. The lowest BCUT2D eigenvalue weighted by Gasteiger charge is -2.36. The molecule has 1 aromatic carbocycles. The van der Waals surface area contributed by atoms with E-state index >= 15 is 0 Å². The van der Waals surface area contributed by atoms with Gasteiger partial charge in [-0.05, 0) is 32.3 Å². The van der Waals surface area contributed by atoms with E-state index in [1.54, 1.807) is 0 Å². The third-order valence-electron chi connectivity index (χ3n) is 6.41. The average molecular weight is 395 g/mol. The topological polar surface area (TPSA) is 50.2 Å². The van der Waals surface area contributed by atoms with Crippen LogP contribution in [0, 0.1) is 0 Å². The molecule has 0 spiro atoms. The number of rotatable bonds is 5. The van der Waals surface area contributed by atoms with Gasteiger partial charge in [-0.3, -0.25) is 9.69 Å². The van der Waals surface area contributed by atoms with Gasteiger partial charge in [0.05, 0.1) is 17.7 Å². The molecule has 1 aliphatic heterocycles. The fraction of sp³-hybridized carbons (Fsp3) is 0.583. The summed E-state index contributed by atoms with van der Waals surface area (Å²) in [6, 6.07) is 10.8. The SMILES string of the molecule is CC(C)n1cnc2c1[C@H](C(=O)NC1CCCCCC1)N(Cc1ccccc1)CC2. The fourth-order valence-electron chi connectivity index (χ4n) is 4.85. The summed E-state index contributed by atoms with van der Waals surface area (Å²) in [4.78, 5) is 20.6. The van der Waals surface area contributed by atoms with Crippen molar-refractivity contribution >= 4 is 5.91 Å². The van der Waals surface area contributed by atoms with E-state index in [9.17, 15) is 4.79 Å². The maximum absolute atomic E-state index is 13.6. The zero-order chi connectivity index (χ0) is 20.2. The Balaban J connectivity index is 1.62. The van der Waals surface area contributed by atoms with E-state index in [2.05, 4.69) is 57.9 Å². The number of carbonyl (C=O) groups is 1. The van der Waals surface area contributed by atoms with Crippen molar-refractivity contribution in [3.8, 4) is 0 Å². The summed E-state index contributed by atoms with van der Waals surface area (Å²) >= 11 is 0. The lowest BCUT2D eigenvalue weighted by Crippen LogP contribution is -2.47. The minimum atomic E-state index is -0.271. The molecule has 2 heterocycles. The highest BCUT2D eigenvalue weighted by molar-refractivity contribution is 5.83. The Morgan fingerprint density at radius 3 is 2.55 bits per heavy atom. The monoisotopic (exact) mass is 394 g/mol. The van der Waals surface area contributed by atoms with Crippen LogP contribution in [0.3, 0.4) is 0 Å². The molecule has 0 radical (unpaired) electrons. The summed E-state index contributed by atoms with van der Waals surface area (Å²) in [6.07, 6.45) is 10.1. The molecule has 0 unspecified atom stereocenters. The number of hydrogen-bond donors (Lipinski definition) is 1. The lowest BCUT2D eigenvalue weighted by atomic mass is 9.99. The van der Waals surface area contributed by atoms with Gasteiger partial charge in [-0.1, -0.05) is 56.0 Å². The van der Waals surface area contributed by atoms with E-state index < -0.39 is 0 Å². The molecular formula is C24H34N4O. The highest BCUT2D eigenvalue weighted by atomic mass is 16.2. The molecular weight excluding hydrogens is 360 g/mol. The number of fused-ring (bicyclic) bond motifs is 1. The van der Waals surface area contributed by atoms with Gasteiger partial charge >= 0.3 is 0 Å². The van der Waals surface area contributed by atoms with Crippen molar-refractivity contribution < 1.29 is 4.79 Å². The average Bonchev–Trinajstić information content (AvgIpc) is 2.98.